The fourth-order valence-electron chi connectivity index (χ4n) is 1.52. The molecule has 0 heterocycles. The molecule has 0 amide bonds. The Morgan fingerprint density at radius 2 is 1.84 bits per heavy atom. The summed E-state index contributed by atoms with van der Waals surface area (Å²) in [6.45, 7) is -0.886. The molecule has 0 saturated heterocycles. The van der Waals surface area contributed by atoms with Crippen molar-refractivity contribution in [2.24, 2.45) is 0 Å². The van der Waals surface area contributed by atoms with Crippen molar-refractivity contribution in [3.63, 3.8) is 0 Å². The van der Waals surface area contributed by atoms with E-state index in [0.29, 0.717) is 6.07 Å². The third kappa shape index (κ3) is 4.49. The average Bonchev–Trinajstić information content (AvgIpc) is 2.26. The summed E-state index contributed by atoms with van der Waals surface area (Å²) in [7, 11) is 0. The number of benzene rings is 1. The van der Waals surface area contributed by atoms with Gasteiger partial charge in [0.25, 0.3) is 6.43 Å². The van der Waals surface area contributed by atoms with Crippen molar-refractivity contribution in [1.82, 2.24) is 0 Å². The Kier molecular flexibility index (Phi) is 5.34. The zero-order valence-corrected chi connectivity index (χ0v) is 10.3. The van der Waals surface area contributed by atoms with Crippen LogP contribution in [-0.2, 0) is 6.18 Å². The summed E-state index contributed by atoms with van der Waals surface area (Å²) >= 11 is 5.40. The van der Waals surface area contributed by atoms with Crippen LogP contribution in [0, 0.1) is 5.82 Å². The Bertz CT molecular complexity index is 420. The van der Waals surface area contributed by atoms with Gasteiger partial charge in [-0.2, -0.15) is 13.2 Å². The second-order valence-corrected chi connectivity index (χ2v) is 4.07. The molecule has 1 aromatic carbocycles. The van der Waals surface area contributed by atoms with Gasteiger partial charge in [-0.1, -0.05) is 0 Å². The molecule has 0 saturated carbocycles. The van der Waals surface area contributed by atoms with Crippen molar-refractivity contribution in [3.8, 4) is 0 Å². The van der Waals surface area contributed by atoms with E-state index in [-0.39, 0.29) is 24.2 Å². The topological polar surface area (TPSA) is 3.24 Å². The minimum absolute atomic E-state index is 0.0484. The van der Waals surface area contributed by atoms with Gasteiger partial charge in [-0.25, -0.2) is 13.2 Å². The lowest BCUT2D eigenvalue weighted by Crippen LogP contribution is -2.31. The van der Waals surface area contributed by atoms with Crippen molar-refractivity contribution < 1.29 is 26.3 Å². The second kappa shape index (κ2) is 6.36. The predicted molar refractivity (Wildman–Crippen MR) is 60.3 cm³/mol. The number of hydrogen-bond acceptors (Lipinski definition) is 1. The standard InChI is InChI=1S/C11H10ClF6N/c12-3-4-19(6-10(14)15)9-2-1-7(5-8(9)13)11(16,17)18/h1-2,5,10H,3-4,6H2. The molecule has 0 N–H and O–H groups in total. The molecule has 1 nitrogen and oxygen atoms in total. The normalized spacial score (nSPS) is 12.0. The fourth-order valence-corrected chi connectivity index (χ4v) is 1.72. The van der Waals surface area contributed by atoms with Crippen LogP contribution in [0.3, 0.4) is 0 Å². The Morgan fingerprint density at radius 1 is 1.21 bits per heavy atom. The lowest BCUT2D eigenvalue weighted by molar-refractivity contribution is -0.137. The van der Waals surface area contributed by atoms with Crippen LogP contribution in [0.15, 0.2) is 18.2 Å². The number of anilines is 1. The molecule has 108 valence electrons. The van der Waals surface area contributed by atoms with Gasteiger partial charge in [0.2, 0.25) is 0 Å². The lowest BCUT2D eigenvalue weighted by Gasteiger charge is -2.24. The van der Waals surface area contributed by atoms with Crippen LogP contribution >= 0.6 is 11.6 Å². The van der Waals surface area contributed by atoms with E-state index < -0.39 is 30.5 Å². The average molecular weight is 306 g/mol. The number of hydrogen-bond donors (Lipinski definition) is 0. The Balaban J connectivity index is 3.04. The van der Waals surface area contributed by atoms with Gasteiger partial charge in [0, 0.05) is 12.4 Å². The van der Waals surface area contributed by atoms with Gasteiger partial charge < -0.3 is 4.90 Å². The number of alkyl halides is 6. The first-order chi connectivity index (χ1) is 8.75. The van der Waals surface area contributed by atoms with Crippen LogP contribution in [0.4, 0.5) is 32.0 Å². The summed E-state index contributed by atoms with van der Waals surface area (Å²) in [5.41, 5.74) is -1.49. The summed E-state index contributed by atoms with van der Waals surface area (Å²) < 4.78 is 75.2. The molecule has 0 aliphatic carbocycles. The lowest BCUT2D eigenvalue weighted by atomic mass is 10.1. The molecule has 8 heteroatoms. The zero-order chi connectivity index (χ0) is 14.6. The summed E-state index contributed by atoms with van der Waals surface area (Å²) in [5, 5.41) is 0. The van der Waals surface area contributed by atoms with Gasteiger partial charge in [-0.3, -0.25) is 0 Å². The van der Waals surface area contributed by atoms with E-state index in [0.717, 1.165) is 11.0 Å². The van der Waals surface area contributed by atoms with E-state index in [1.807, 2.05) is 0 Å². The highest BCUT2D eigenvalue weighted by Crippen LogP contribution is 2.32. The third-order valence-electron chi connectivity index (χ3n) is 2.33. The maximum Gasteiger partial charge on any atom is 0.416 e. The van der Waals surface area contributed by atoms with Gasteiger partial charge in [-0.05, 0) is 18.2 Å². The second-order valence-electron chi connectivity index (χ2n) is 3.69. The molecule has 0 aliphatic heterocycles. The Morgan fingerprint density at radius 3 is 2.26 bits per heavy atom. The van der Waals surface area contributed by atoms with Gasteiger partial charge >= 0.3 is 6.18 Å². The van der Waals surface area contributed by atoms with Crippen molar-refractivity contribution in [2.75, 3.05) is 23.9 Å². The number of halogens is 7. The van der Waals surface area contributed by atoms with E-state index in [1.54, 1.807) is 0 Å². The Hall–Kier alpha value is -1.11. The molecule has 1 aromatic rings. The molecule has 0 aliphatic rings. The van der Waals surface area contributed by atoms with Gasteiger partial charge in [0.05, 0.1) is 17.8 Å². The third-order valence-corrected chi connectivity index (χ3v) is 2.50. The van der Waals surface area contributed by atoms with Crippen LogP contribution in [0.1, 0.15) is 5.56 Å². The molecule has 0 fully saturated rings. The minimum atomic E-state index is -4.68. The van der Waals surface area contributed by atoms with Gasteiger partial charge in [0.1, 0.15) is 5.82 Å². The summed E-state index contributed by atoms with van der Waals surface area (Å²) in [5.74, 6) is -1.26. The molecular formula is C11H10ClF6N. The zero-order valence-electron chi connectivity index (χ0n) is 9.52. The number of rotatable bonds is 5. The van der Waals surface area contributed by atoms with E-state index in [4.69, 9.17) is 11.6 Å². The summed E-state index contributed by atoms with van der Waals surface area (Å²) in [6.07, 6.45) is -7.43. The molecule has 0 radical (unpaired) electrons. The molecule has 19 heavy (non-hydrogen) atoms. The Labute approximate surface area is 110 Å². The highest BCUT2D eigenvalue weighted by atomic mass is 35.5. The van der Waals surface area contributed by atoms with E-state index in [9.17, 15) is 26.3 Å². The maximum atomic E-state index is 13.6. The van der Waals surface area contributed by atoms with E-state index >= 15 is 0 Å². The molecule has 0 unspecified atom stereocenters. The summed E-state index contributed by atoms with van der Waals surface area (Å²) in [6, 6.07) is 1.75. The molecule has 0 spiro atoms. The first-order valence-electron chi connectivity index (χ1n) is 5.21. The largest absolute Gasteiger partial charge is 0.416 e. The highest BCUT2D eigenvalue weighted by Gasteiger charge is 2.31. The molecule has 1 rings (SSSR count). The quantitative estimate of drug-likeness (QED) is 0.583. The van der Waals surface area contributed by atoms with Crippen molar-refractivity contribution in [2.45, 2.75) is 12.6 Å². The summed E-state index contributed by atoms with van der Waals surface area (Å²) in [4.78, 5) is 0.910. The maximum absolute atomic E-state index is 13.6. The number of nitrogens with zero attached hydrogens (tertiary/aromatic N) is 1. The van der Waals surface area contributed by atoms with Crippen LogP contribution in [0.2, 0.25) is 0 Å². The van der Waals surface area contributed by atoms with Crippen molar-refractivity contribution in [3.05, 3.63) is 29.6 Å². The van der Waals surface area contributed by atoms with Crippen molar-refractivity contribution >= 4 is 17.3 Å². The van der Waals surface area contributed by atoms with Gasteiger partial charge in [0.15, 0.2) is 0 Å². The van der Waals surface area contributed by atoms with Crippen LogP contribution in [0.25, 0.3) is 0 Å². The molecule has 0 aromatic heterocycles. The highest BCUT2D eigenvalue weighted by molar-refractivity contribution is 6.18. The first-order valence-corrected chi connectivity index (χ1v) is 5.75. The SMILES string of the molecule is Fc1cc(C(F)(F)F)ccc1N(CCCl)CC(F)F. The first kappa shape index (κ1) is 15.9. The smallest absolute Gasteiger partial charge is 0.362 e. The minimum Gasteiger partial charge on any atom is -0.362 e. The van der Waals surface area contributed by atoms with E-state index in [2.05, 4.69) is 0 Å². The molecular weight excluding hydrogens is 296 g/mol. The van der Waals surface area contributed by atoms with Gasteiger partial charge in [-0.15, -0.1) is 11.6 Å². The van der Waals surface area contributed by atoms with Crippen LogP contribution in [-0.4, -0.2) is 25.4 Å². The predicted octanol–water partition coefficient (Wildman–Crippen LogP) is 4.15. The van der Waals surface area contributed by atoms with Crippen LogP contribution in [0.5, 0.6) is 0 Å². The molecule has 0 bridgehead atoms. The van der Waals surface area contributed by atoms with Crippen molar-refractivity contribution in [1.29, 1.82) is 0 Å². The monoisotopic (exact) mass is 305 g/mol. The fraction of sp³-hybridized carbons (Fsp3) is 0.455. The van der Waals surface area contributed by atoms with Crippen LogP contribution < -0.4 is 4.90 Å². The van der Waals surface area contributed by atoms with E-state index in [1.165, 1.54) is 0 Å². The molecule has 0 atom stereocenters.